The molecule has 1 heterocycles. The first-order chi connectivity index (χ1) is 17.5. The summed E-state index contributed by atoms with van der Waals surface area (Å²) < 4.78 is 26.6. The van der Waals surface area contributed by atoms with Gasteiger partial charge in [-0.1, -0.05) is 61.3 Å². The maximum absolute atomic E-state index is 13.9. The zero-order chi connectivity index (χ0) is 27.0. The summed E-state index contributed by atoms with van der Waals surface area (Å²) in [6.45, 7) is 2.75. The molecule has 4 atom stereocenters. The van der Waals surface area contributed by atoms with Crippen LogP contribution >= 0.6 is 23.2 Å². The number of rotatable bonds is 10. The standard InChI is InChI=1S/C28H33Cl2NO5S/c1-3-37(35,36)28(19-7-8-19,20-9-11-21(29)12-10-20)16-25-24(18-5-4-6-22(30)13-18)15-27(2,26(34)31-25)14-23(33)17-32/h4-6,9-13,19,24-25,32H,3,7-8,14-17H2,1-2H3,(H,31,34)/t24-,25+,27+,28+/m1/s1. The molecule has 1 aliphatic heterocycles. The molecule has 2 aromatic rings. The molecule has 1 amide bonds. The van der Waals surface area contributed by atoms with E-state index in [1.165, 1.54) is 0 Å². The van der Waals surface area contributed by atoms with Gasteiger partial charge in [0, 0.05) is 34.2 Å². The van der Waals surface area contributed by atoms with Crippen LogP contribution in [0.25, 0.3) is 0 Å². The lowest BCUT2D eigenvalue weighted by atomic mass is 9.67. The van der Waals surface area contributed by atoms with Crippen molar-refractivity contribution in [2.75, 3.05) is 12.4 Å². The first-order valence-electron chi connectivity index (χ1n) is 12.6. The number of benzene rings is 2. The van der Waals surface area contributed by atoms with Gasteiger partial charge in [0.15, 0.2) is 15.6 Å². The molecule has 4 rings (SSSR count). The third-order valence-electron chi connectivity index (χ3n) is 8.09. The topological polar surface area (TPSA) is 101 Å². The zero-order valence-electron chi connectivity index (χ0n) is 21.0. The molecule has 0 spiro atoms. The predicted molar refractivity (Wildman–Crippen MR) is 145 cm³/mol. The summed E-state index contributed by atoms with van der Waals surface area (Å²) in [5.41, 5.74) is 0.508. The van der Waals surface area contributed by atoms with Crippen LogP contribution in [0.15, 0.2) is 48.5 Å². The highest BCUT2D eigenvalue weighted by Gasteiger charge is 2.58. The Morgan fingerprint density at radius 2 is 1.81 bits per heavy atom. The van der Waals surface area contributed by atoms with Gasteiger partial charge in [-0.05, 0) is 67.0 Å². The Bertz CT molecular complexity index is 1280. The molecule has 2 aliphatic rings. The summed E-state index contributed by atoms with van der Waals surface area (Å²) in [6, 6.07) is 13.8. The van der Waals surface area contributed by atoms with E-state index in [1.54, 1.807) is 44.2 Å². The molecule has 1 aliphatic carbocycles. The molecule has 1 saturated heterocycles. The fraction of sp³-hybridized carbons (Fsp3) is 0.500. The van der Waals surface area contributed by atoms with Crippen molar-refractivity contribution in [3.8, 4) is 0 Å². The van der Waals surface area contributed by atoms with Crippen molar-refractivity contribution < 1.29 is 23.1 Å². The molecule has 1 saturated carbocycles. The second-order valence-corrected chi connectivity index (χ2v) is 14.1. The van der Waals surface area contributed by atoms with Crippen molar-refractivity contribution in [3.05, 3.63) is 69.7 Å². The minimum absolute atomic E-state index is 0.0304. The van der Waals surface area contributed by atoms with E-state index in [2.05, 4.69) is 5.32 Å². The number of nitrogens with one attached hydrogen (secondary N) is 1. The fourth-order valence-corrected chi connectivity index (χ4v) is 8.55. The van der Waals surface area contributed by atoms with Crippen molar-refractivity contribution in [2.24, 2.45) is 11.3 Å². The Balaban J connectivity index is 1.83. The summed E-state index contributed by atoms with van der Waals surface area (Å²) in [6.07, 6.45) is 1.99. The van der Waals surface area contributed by atoms with E-state index in [0.717, 1.165) is 18.4 Å². The summed E-state index contributed by atoms with van der Waals surface area (Å²) in [7, 11) is -3.61. The molecule has 9 heteroatoms. The molecular weight excluding hydrogens is 533 g/mol. The molecule has 0 unspecified atom stereocenters. The third-order valence-corrected chi connectivity index (χ3v) is 11.2. The van der Waals surface area contributed by atoms with Crippen molar-refractivity contribution >= 4 is 44.7 Å². The average Bonchev–Trinajstić information content (AvgIpc) is 3.71. The number of hydrogen-bond donors (Lipinski definition) is 2. The average molecular weight is 567 g/mol. The van der Waals surface area contributed by atoms with Gasteiger partial charge in [-0.2, -0.15) is 0 Å². The number of sulfone groups is 1. The first kappa shape index (κ1) is 28.1. The van der Waals surface area contributed by atoms with Crippen LogP contribution in [0.4, 0.5) is 0 Å². The van der Waals surface area contributed by atoms with Gasteiger partial charge in [0.05, 0.1) is 5.41 Å². The summed E-state index contributed by atoms with van der Waals surface area (Å²) in [5.74, 6) is -1.11. The monoisotopic (exact) mass is 565 g/mol. The smallest absolute Gasteiger partial charge is 0.226 e. The van der Waals surface area contributed by atoms with Crippen LogP contribution in [-0.4, -0.2) is 43.6 Å². The molecule has 0 radical (unpaired) electrons. The molecule has 200 valence electrons. The Hall–Kier alpha value is -1.93. The number of carbonyl (C=O) groups excluding carboxylic acids is 2. The van der Waals surface area contributed by atoms with Crippen LogP contribution < -0.4 is 5.32 Å². The lowest BCUT2D eigenvalue weighted by Crippen LogP contribution is -2.57. The minimum atomic E-state index is -3.61. The van der Waals surface area contributed by atoms with Crippen LogP contribution in [-0.2, 0) is 24.2 Å². The minimum Gasteiger partial charge on any atom is -0.389 e. The number of amides is 1. The lowest BCUT2D eigenvalue weighted by molar-refractivity contribution is -0.140. The summed E-state index contributed by atoms with van der Waals surface area (Å²) in [4.78, 5) is 25.6. The van der Waals surface area contributed by atoms with Gasteiger partial charge < -0.3 is 10.4 Å². The number of ketones is 1. The van der Waals surface area contributed by atoms with E-state index in [0.29, 0.717) is 22.0 Å². The highest BCUT2D eigenvalue weighted by molar-refractivity contribution is 7.92. The van der Waals surface area contributed by atoms with Crippen LogP contribution in [0, 0.1) is 11.3 Å². The maximum atomic E-state index is 13.9. The van der Waals surface area contributed by atoms with E-state index in [1.807, 2.05) is 18.2 Å². The number of hydrogen-bond acceptors (Lipinski definition) is 5. The van der Waals surface area contributed by atoms with Gasteiger partial charge in [-0.25, -0.2) is 8.42 Å². The van der Waals surface area contributed by atoms with E-state index in [4.69, 9.17) is 23.2 Å². The van der Waals surface area contributed by atoms with Gasteiger partial charge in [0.1, 0.15) is 11.4 Å². The van der Waals surface area contributed by atoms with E-state index in [-0.39, 0.29) is 36.3 Å². The van der Waals surface area contributed by atoms with Crippen molar-refractivity contribution in [3.63, 3.8) is 0 Å². The van der Waals surface area contributed by atoms with E-state index >= 15 is 0 Å². The van der Waals surface area contributed by atoms with E-state index in [9.17, 15) is 23.1 Å². The number of carbonyl (C=O) groups is 2. The van der Waals surface area contributed by atoms with Gasteiger partial charge in [0.25, 0.3) is 0 Å². The normalized spacial score (nSPS) is 25.8. The third kappa shape index (κ3) is 5.47. The fourth-order valence-electron chi connectivity index (χ4n) is 6.03. The first-order valence-corrected chi connectivity index (χ1v) is 15.0. The highest BCUT2D eigenvalue weighted by Crippen LogP contribution is 2.56. The Labute approximate surface area is 228 Å². The van der Waals surface area contributed by atoms with Crippen LogP contribution in [0.5, 0.6) is 0 Å². The molecule has 6 nitrogen and oxygen atoms in total. The zero-order valence-corrected chi connectivity index (χ0v) is 23.4. The molecule has 2 N–H and O–H groups in total. The molecule has 2 aromatic carbocycles. The Morgan fingerprint density at radius 1 is 1.14 bits per heavy atom. The van der Waals surface area contributed by atoms with Crippen LogP contribution in [0.1, 0.15) is 63.0 Å². The van der Waals surface area contributed by atoms with Gasteiger partial charge >= 0.3 is 0 Å². The van der Waals surface area contributed by atoms with Gasteiger partial charge in [0.2, 0.25) is 5.91 Å². The second-order valence-electron chi connectivity index (χ2n) is 10.7. The summed E-state index contributed by atoms with van der Waals surface area (Å²) in [5, 5.41) is 13.5. The number of halogens is 2. The lowest BCUT2D eigenvalue weighted by Gasteiger charge is -2.46. The quantitative estimate of drug-likeness (QED) is 0.419. The Morgan fingerprint density at radius 3 is 2.38 bits per heavy atom. The Kier molecular flexibility index (Phi) is 8.11. The largest absolute Gasteiger partial charge is 0.389 e. The van der Waals surface area contributed by atoms with Crippen LogP contribution in [0.3, 0.4) is 0 Å². The molecular formula is C28H33Cl2NO5S. The molecule has 2 fully saturated rings. The van der Waals surface area contributed by atoms with Crippen molar-refractivity contribution in [1.82, 2.24) is 5.32 Å². The number of aliphatic hydroxyl groups is 1. The van der Waals surface area contributed by atoms with Crippen molar-refractivity contribution in [1.29, 1.82) is 0 Å². The van der Waals surface area contributed by atoms with Crippen LogP contribution in [0.2, 0.25) is 10.0 Å². The van der Waals surface area contributed by atoms with Crippen molar-refractivity contribution in [2.45, 2.75) is 62.7 Å². The number of Topliss-reactive ketones (excluding diaryl/α,β-unsaturated/α-hetero) is 1. The molecule has 37 heavy (non-hydrogen) atoms. The maximum Gasteiger partial charge on any atom is 0.226 e. The summed E-state index contributed by atoms with van der Waals surface area (Å²) >= 11 is 12.5. The second kappa shape index (κ2) is 10.7. The number of aliphatic hydroxyl groups excluding tert-OH is 1. The van der Waals surface area contributed by atoms with E-state index < -0.39 is 38.4 Å². The highest BCUT2D eigenvalue weighted by atomic mass is 35.5. The molecule has 0 aromatic heterocycles. The number of piperidine rings is 1. The van der Waals surface area contributed by atoms with Gasteiger partial charge in [-0.15, -0.1) is 0 Å². The van der Waals surface area contributed by atoms with Gasteiger partial charge in [-0.3, -0.25) is 9.59 Å². The predicted octanol–water partition coefficient (Wildman–Crippen LogP) is 5.05. The molecule has 0 bridgehead atoms. The SMILES string of the molecule is CCS(=O)(=O)[C@](C[C@@H]1NC(=O)[C@@](C)(CC(=O)CO)C[C@@H]1c1cccc(Cl)c1)(c1ccc(Cl)cc1)C1CC1.